The molecular weight excluding hydrogens is 320 g/mol. The molecule has 106 valence electrons. The van der Waals surface area contributed by atoms with Crippen LogP contribution in [0.1, 0.15) is 21.1 Å². The maximum atomic E-state index is 11.9. The summed E-state index contributed by atoms with van der Waals surface area (Å²) in [7, 11) is 1.52. The topological polar surface area (TPSA) is 76.1 Å². The third-order valence-corrected chi connectivity index (χ3v) is 5.60. The van der Waals surface area contributed by atoms with Crippen LogP contribution in [0.3, 0.4) is 0 Å². The summed E-state index contributed by atoms with van der Waals surface area (Å²) >= 11 is 1.03. The first kappa shape index (κ1) is 15.0. The summed E-state index contributed by atoms with van der Waals surface area (Å²) in [6.07, 6.45) is 0. The number of amides is 1. The predicted octanol–water partition coefficient (Wildman–Crippen LogP) is 2.31. The van der Waals surface area contributed by atoms with Gasteiger partial charge in [0.05, 0.1) is 6.54 Å². The van der Waals surface area contributed by atoms with Crippen molar-refractivity contribution in [3.05, 3.63) is 46.6 Å². The Morgan fingerprint density at radius 1 is 1.35 bits per heavy atom. The number of halogens is 1. The van der Waals surface area contributed by atoms with Crippen molar-refractivity contribution in [1.82, 2.24) is 10.3 Å². The number of hydrogen-bond acceptors (Lipinski definition) is 5. The molecule has 0 saturated carbocycles. The molecule has 0 radical (unpaired) electrons. The Balaban J connectivity index is 2.02. The van der Waals surface area contributed by atoms with Crippen molar-refractivity contribution in [3.63, 3.8) is 0 Å². The first-order valence-electron chi connectivity index (χ1n) is 5.61. The number of carbonyl (C=O) groups excluding carboxylic acids is 1. The first-order valence-corrected chi connectivity index (χ1v) is 8.74. The summed E-state index contributed by atoms with van der Waals surface area (Å²) in [6.45, 7) is 2.03. The fourth-order valence-corrected chi connectivity index (χ4v) is 3.57. The number of nitrogens with zero attached hydrogens (tertiary/aromatic N) is 1. The number of pyridine rings is 1. The Kier molecular flexibility index (Phi) is 4.42. The normalized spacial score (nSPS) is 11.3. The number of hydrogen-bond donors (Lipinski definition) is 1. The van der Waals surface area contributed by atoms with Gasteiger partial charge in [0, 0.05) is 21.3 Å². The van der Waals surface area contributed by atoms with E-state index >= 15 is 0 Å². The lowest BCUT2D eigenvalue weighted by atomic mass is 10.3. The molecule has 0 fully saturated rings. The van der Waals surface area contributed by atoms with Gasteiger partial charge in [0.25, 0.3) is 15.0 Å². The highest BCUT2D eigenvalue weighted by atomic mass is 35.7. The maximum absolute atomic E-state index is 11.9. The Morgan fingerprint density at radius 2 is 2.10 bits per heavy atom. The Labute approximate surface area is 125 Å². The van der Waals surface area contributed by atoms with Crippen LogP contribution < -0.4 is 5.32 Å². The second-order valence-electron chi connectivity index (χ2n) is 4.01. The van der Waals surface area contributed by atoms with Crippen molar-refractivity contribution >= 4 is 37.0 Å². The van der Waals surface area contributed by atoms with Gasteiger partial charge in [-0.15, -0.1) is 11.3 Å². The van der Waals surface area contributed by atoms with Gasteiger partial charge in [-0.05, 0) is 31.2 Å². The Bertz CT molecular complexity index is 741. The number of nitrogens with one attached hydrogen (secondary N) is 1. The SMILES string of the molecule is Cc1cccc(C(=O)NCc2ccc(S(=O)(=O)Cl)s2)n1. The maximum Gasteiger partial charge on any atom is 0.270 e. The predicted molar refractivity (Wildman–Crippen MR) is 77.5 cm³/mol. The second-order valence-corrected chi connectivity index (χ2v) is 7.97. The quantitative estimate of drug-likeness (QED) is 0.873. The van der Waals surface area contributed by atoms with Gasteiger partial charge in [-0.1, -0.05) is 6.07 Å². The molecule has 0 unspecified atom stereocenters. The summed E-state index contributed by atoms with van der Waals surface area (Å²) in [5.41, 5.74) is 1.08. The summed E-state index contributed by atoms with van der Waals surface area (Å²) in [6, 6.07) is 8.20. The van der Waals surface area contributed by atoms with Crippen LogP contribution in [-0.4, -0.2) is 19.3 Å². The largest absolute Gasteiger partial charge is 0.346 e. The molecule has 0 saturated heterocycles. The standard InChI is InChI=1S/C12H11ClN2O3S2/c1-8-3-2-4-10(15-8)12(16)14-7-9-5-6-11(19-9)20(13,17)18/h2-6H,7H2,1H3,(H,14,16). The molecule has 2 heterocycles. The highest BCUT2D eigenvalue weighted by Crippen LogP contribution is 2.24. The molecule has 0 spiro atoms. The van der Waals surface area contributed by atoms with Gasteiger partial charge in [-0.2, -0.15) is 0 Å². The minimum absolute atomic E-state index is 0.0668. The molecule has 0 aromatic carbocycles. The summed E-state index contributed by atoms with van der Waals surface area (Å²) in [4.78, 5) is 16.7. The number of thiophene rings is 1. The molecule has 8 heteroatoms. The van der Waals surface area contributed by atoms with Gasteiger partial charge >= 0.3 is 0 Å². The van der Waals surface area contributed by atoms with E-state index < -0.39 is 9.05 Å². The van der Waals surface area contributed by atoms with Crippen LogP contribution in [-0.2, 0) is 15.6 Å². The molecule has 2 aromatic rings. The number of aryl methyl sites for hydroxylation is 1. The third-order valence-electron chi connectivity index (χ3n) is 2.42. The summed E-state index contributed by atoms with van der Waals surface area (Å²) in [5.74, 6) is -0.308. The van der Waals surface area contributed by atoms with Crippen molar-refractivity contribution in [2.75, 3.05) is 0 Å². The molecule has 2 rings (SSSR count). The molecule has 20 heavy (non-hydrogen) atoms. The van der Waals surface area contributed by atoms with Gasteiger partial charge in [0.1, 0.15) is 9.90 Å². The average molecular weight is 331 g/mol. The van der Waals surface area contributed by atoms with Crippen LogP contribution in [0.4, 0.5) is 0 Å². The Hall–Kier alpha value is -1.44. The minimum atomic E-state index is -3.71. The van der Waals surface area contributed by atoms with Crippen LogP contribution in [0.5, 0.6) is 0 Å². The van der Waals surface area contributed by atoms with Crippen molar-refractivity contribution in [2.24, 2.45) is 0 Å². The van der Waals surface area contributed by atoms with E-state index in [4.69, 9.17) is 10.7 Å². The molecule has 1 amide bonds. The second kappa shape index (κ2) is 5.90. The van der Waals surface area contributed by atoms with Gasteiger partial charge < -0.3 is 5.32 Å². The van der Waals surface area contributed by atoms with Gasteiger partial charge in [0.15, 0.2) is 0 Å². The number of rotatable bonds is 4. The van der Waals surface area contributed by atoms with E-state index in [9.17, 15) is 13.2 Å². The molecule has 0 aliphatic carbocycles. The lowest BCUT2D eigenvalue weighted by Crippen LogP contribution is -2.23. The number of aromatic nitrogens is 1. The third kappa shape index (κ3) is 3.78. The van der Waals surface area contributed by atoms with E-state index in [0.717, 1.165) is 17.0 Å². The molecule has 0 aliphatic heterocycles. The zero-order valence-corrected chi connectivity index (χ0v) is 12.8. The van der Waals surface area contributed by atoms with Crippen LogP contribution in [0.25, 0.3) is 0 Å². The average Bonchev–Trinajstić information content (AvgIpc) is 2.84. The lowest BCUT2D eigenvalue weighted by Gasteiger charge is -2.03. The molecular formula is C12H11ClN2O3S2. The fraction of sp³-hybridized carbons (Fsp3) is 0.167. The van der Waals surface area contributed by atoms with Gasteiger partial charge in [-0.25, -0.2) is 13.4 Å². The van der Waals surface area contributed by atoms with E-state index in [2.05, 4.69) is 10.3 Å². The van der Waals surface area contributed by atoms with Gasteiger partial charge in [0.2, 0.25) is 0 Å². The molecule has 0 bridgehead atoms. The molecule has 1 N–H and O–H groups in total. The monoisotopic (exact) mass is 330 g/mol. The van der Waals surface area contributed by atoms with E-state index in [1.807, 2.05) is 0 Å². The fourth-order valence-electron chi connectivity index (χ4n) is 1.51. The van der Waals surface area contributed by atoms with E-state index in [-0.39, 0.29) is 16.7 Å². The van der Waals surface area contributed by atoms with Crippen LogP contribution in [0, 0.1) is 6.92 Å². The van der Waals surface area contributed by atoms with Crippen molar-refractivity contribution < 1.29 is 13.2 Å². The van der Waals surface area contributed by atoms with Crippen molar-refractivity contribution in [2.45, 2.75) is 17.7 Å². The summed E-state index contributed by atoms with van der Waals surface area (Å²) in [5, 5.41) is 2.68. The van der Waals surface area contributed by atoms with E-state index in [1.54, 1.807) is 31.2 Å². The van der Waals surface area contributed by atoms with Crippen LogP contribution in [0.2, 0.25) is 0 Å². The lowest BCUT2D eigenvalue weighted by molar-refractivity contribution is 0.0946. The van der Waals surface area contributed by atoms with Crippen LogP contribution in [0.15, 0.2) is 34.5 Å². The molecule has 5 nitrogen and oxygen atoms in total. The number of carbonyl (C=O) groups is 1. The zero-order valence-electron chi connectivity index (χ0n) is 10.5. The van der Waals surface area contributed by atoms with E-state index in [1.165, 1.54) is 6.07 Å². The smallest absolute Gasteiger partial charge is 0.270 e. The van der Waals surface area contributed by atoms with Crippen molar-refractivity contribution in [3.8, 4) is 0 Å². The van der Waals surface area contributed by atoms with E-state index in [0.29, 0.717) is 10.6 Å². The Morgan fingerprint density at radius 3 is 2.70 bits per heavy atom. The van der Waals surface area contributed by atoms with Crippen LogP contribution >= 0.6 is 22.0 Å². The highest BCUT2D eigenvalue weighted by Gasteiger charge is 2.14. The molecule has 2 aromatic heterocycles. The highest BCUT2D eigenvalue weighted by molar-refractivity contribution is 8.15. The zero-order chi connectivity index (χ0) is 14.8. The molecule has 0 aliphatic rings. The first-order chi connectivity index (χ1) is 9.36. The minimum Gasteiger partial charge on any atom is -0.346 e. The molecule has 0 atom stereocenters. The summed E-state index contributed by atoms with van der Waals surface area (Å²) < 4.78 is 22.3. The van der Waals surface area contributed by atoms with Crippen molar-refractivity contribution in [1.29, 1.82) is 0 Å². The van der Waals surface area contributed by atoms with Gasteiger partial charge in [-0.3, -0.25) is 4.79 Å².